The van der Waals surface area contributed by atoms with Gasteiger partial charge in [0.1, 0.15) is 0 Å². The van der Waals surface area contributed by atoms with Crippen LogP contribution < -0.4 is 20.3 Å². The quantitative estimate of drug-likeness (QED) is 0.816. The van der Waals surface area contributed by atoms with Crippen molar-refractivity contribution in [1.29, 1.82) is 0 Å². The van der Waals surface area contributed by atoms with Crippen molar-refractivity contribution in [3.05, 3.63) is 23.8 Å². The molecule has 0 aliphatic carbocycles. The Morgan fingerprint density at radius 1 is 1.32 bits per heavy atom. The van der Waals surface area contributed by atoms with Crippen molar-refractivity contribution < 1.29 is 14.3 Å². The third-order valence-corrected chi connectivity index (χ3v) is 4.42. The van der Waals surface area contributed by atoms with Gasteiger partial charge >= 0.3 is 0 Å². The summed E-state index contributed by atoms with van der Waals surface area (Å²) >= 11 is 1.61. The lowest BCUT2D eigenvalue weighted by Gasteiger charge is -2.27. The number of thioether (sulfide) groups is 1. The first kappa shape index (κ1) is 16.7. The van der Waals surface area contributed by atoms with E-state index in [9.17, 15) is 4.79 Å². The largest absolute Gasteiger partial charge is 0.493 e. The summed E-state index contributed by atoms with van der Waals surface area (Å²) in [6.07, 6.45) is 6.64. The van der Waals surface area contributed by atoms with Gasteiger partial charge in [0.25, 0.3) is 0 Å². The van der Waals surface area contributed by atoms with Crippen LogP contribution in [0.2, 0.25) is 0 Å². The van der Waals surface area contributed by atoms with Gasteiger partial charge in [-0.25, -0.2) is 5.43 Å². The molecule has 2 rings (SSSR count). The predicted octanol–water partition coefficient (Wildman–Crippen LogP) is 2.47. The van der Waals surface area contributed by atoms with E-state index in [1.807, 2.05) is 18.4 Å². The molecular weight excluding hydrogens is 300 g/mol. The zero-order chi connectivity index (χ0) is 16.1. The van der Waals surface area contributed by atoms with Crippen molar-refractivity contribution in [2.24, 2.45) is 5.92 Å². The predicted molar refractivity (Wildman–Crippen MR) is 89.2 cm³/mol. The molecule has 2 unspecified atom stereocenters. The van der Waals surface area contributed by atoms with E-state index in [4.69, 9.17) is 9.47 Å². The number of methoxy groups -OCH3 is 2. The van der Waals surface area contributed by atoms with Gasteiger partial charge in [-0.15, -0.1) is 11.8 Å². The number of hydrogen-bond acceptors (Lipinski definition) is 5. The highest BCUT2D eigenvalue weighted by atomic mass is 32.2. The van der Waals surface area contributed by atoms with Crippen LogP contribution in [-0.2, 0) is 4.79 Å². The molecular formula is C16H22N2O3S. The molecule has 1 aromatic rings. The summed E-state index contributed by atoms with van der Waals surface area (Å²) in [6, 6.07) is 4.12. The fourth-order valence-corrected chi connectivity index (χ4v) is 3.05. The Balaban J connectivity index is 2.22. The monoisotopic (exact) mass is 322 g/mol. The van der Waals surface area contributed by atoms with Crippen LogP contribution in [0.15, 0.2) is 23.1 Å². The van der Waals surface area contributed by atoms with E-state index in [0.29, 0.717) is 12.2 Å². The minimum atomic E-state index is 0.0351. The third-order valence-electron chi connectivity index (χ3n) is 3.68. The van der Waals surface area contributed by atoms with Crippen LogP contribution in [0.1, 0.15) is 18.9 Å². The molecule has 1 amide bonds. The van der Waals surface area contributed by atoms with E-state index in [1.165, 1.54) is 0 Å². The number of ether oxygens (including phenoxy) is 2. The third kappa shape index (κ3) is 3.75. The lowest BCUT2D eigenvalue weighted by Crippen LogP contribution is -2.52. The fraction of sp³-hybridized carbons (Fsp3) is 0.438. The number of carbonyl (C=O) groups is 1. The Hall–Kier alpha value is -1.66. The molecule has 6 heteroatoms. The summed E-state index contributed by atoms with van der Waals surface area (Å²) < 4.78 is 10.8. The second kappa shape index (κ2) is 7.56. The molecule has 1 aromatic carbocycles. The summed E-state index contributed by atoms with van der Waals surface area (Å²) in [7, 11) is 3.28. The van der Waals surface area contributed by atoms with Gasteiger partial charge in [-0.1, -0.05) is 19.1 Å². The molecule has 0 aromatic heterocycles. The molecule has 0 saturated carbocycles. The molecule has 5 nitrogen and oxygen atoms in total. The number of rotatable bonds is 5. The maximum atomic E-state index is 11.3. The van der Waals surface area contributed by atoms with Gasteiger partial charge in [0.05, 0.1) is 19.1 Å². The summed E-state index contributed by atoms with van der Waals surface area (Å²) in [5.41, 5.74) is 6.73. The van der Waals surface area contributed by atoms with Gasteiger partial charge in [0.2, 0.25) is 5.91 Å². The Kier molecular flexibility index (Phi) is 5.74. The molecule has 1 fully saturated rings. The summed E-state index contributed by atoms with van der Waals surface area (Å²) in [5.74, 6) is 1.76. The molecule has 120 valence electrons. The molecule has 22 heavy (non-hydrogen) atoms. The highest BCUT2D eigenvalue weighted by Crippen LogP contribution is 2.38. The molecule has 2 N–H and O–H groups in total. The van der Waals surface area contributed by atoms with E-state index in [-0.39, 0.29) is 17.9 Å². The van der Waals surface area contributed by atoms with Gasteiger partial charge in [0.15, 0.2) is 11.5 Å². The Bertz CT molecular complexity index is 550. The number of carbonyl (C=O) groups excluding carboxylic acids is 1. The SMILES string of the molecule is COc1cc(/C=C/C2NNC(=O)CC2C)cc(SC)c1OC. The summed E-state index contributed by atoms with van der Waals surface area (Å²) in [5, 5.41) is 0. The van der Waals surface area contributed by atoms with Gasteiger partial charge in [-0.2, -0.15) is 0 Å². The molecule has 1 aliphatic heterocycles. The van der Waals surface area contributed by atoms with Crippen LogP contribution in [0.5, 0.6) is 11.5 Å². The number of nitrogens with one attached hydrogen (secondary N) is 2. The maximum absolute atomic E-state index is 11.3. The highest BCUT2D eigenvalue weighted by Gasteiger charge is 2.23. The summed E-state index contributed by atoms with van der Waals surface area (Å²) in [6.45, 7) is 2.06. The topological polar surface area (TPSA) is 59.6 Å². The van der Waals surface area contributed by atoms with Crippen molar-refractivity contribution in [2.45, 2.75) is 24.3 Å². The van der Waals surface area contributed by atoms with Gasteiger partial charge in [0, 0.05) is 12.5 Å². The Labute approximate surface area is 135 Å². The van der Waals surface area contributed by atoms with Gasteiger partial charge in [-0.05, 0) is 29.9 Å². The number of benzene rings is 1. The van der Waals surface area contributed by atoms with Crippen molar-refractivity contribution in [2.75, 3.05) is 20.5 Å². The first-order valence-corrected chi connectivity index (χ1v) is 8.34. The Morgan fingerprint density at radius 3 is 2.68 bits per heavy atom. The number of amides is 1. The minimum Gasteiger partial charge on any atom is -0.493 e. The van der Waals surface area contributed by atoms with Gasteiger partial charge in [-0.3, -0.25) is 10.2 Å². The lowest BCUT2D eigenvalue weighted by molar-refractivity contribution is -0.125. The second-order valence-corrected chi connectivity index (χ2v) is 6.07. The average molecular weight is 322 g/mol. The van der Waals surface area contributed by atoms with E-state index in [0.717, 1.165) is 16.2 Å². The van der Waals surface area contributed by atoms with E-state index < -0.39 is 0 Å². The average Bonchev–Trinajstić information content (AvgIpc) is 2.52. The van der Waals surface area contributed by atoms with Crippen molar-refractivity contribution in [1.82, 2.24) is 10.9 Å². The van der Waals surface area contributed by atoms with Crippen LogP contribution in [0, 0.1) is 5.92 Å². The van der Waals surface area contributed by atoms with E-state index in [2.05, 4.69) is 29.9 Å². The van der Waals surface area contributed by atoms with Crippen molar-refractivity contribution in [3.8, 4) is 11.5 Å². The fourth-order valence-electron chi connectivity index (χ4n) is 2.43. The van der Waals surface area contributed by atoms with Crippen LogP contribution in [0.25, 0.3) is 6.08 Å². The van der Waals surface area contributed by atoms with Gasteiger partial charge < -0.3 is 9.47 Å². The number of hydrogen-bond donors (Lipinski definition) is 2. The molecule has 2 atom stereocenters. The first-order valence-electron chi connectivity index (χ1n) is 7.11. The summed E-state index contributed by atoms with van der Waals surface area (Å²) in [4.78, 5) is 12.3. The molecule has 0 spiro atoms. The zero-order valence-corrected chi connectivity index (χ0v) is 14.1. The van der Waals surface area contributed by atoms with Crippen LogP contribution >= 0.6 is 11.8 Å². The molecule has 1 saturated heterocycles. The zero-order valence-electron chi connectivity index (χ0n) is 13.3. The maximum Gasteiger partial charge on any atom is 0.234 e. The smallest absolute Gasteiger partial charge is 0.234 e. The minimum absolute atomic E-state index is 0.0351. The standard InChI is InChI=1S/C16H22N2O3S/c1-10-7-15(19)18-17-12(10)6-5-11-8-13(20-2)16(21-3)14(9-11)22-4/h5-6,8-10,12,17H,7H2,1-4H3,(H,18,19)/b6-5+. The molecule has 1 heterocycles. The van der Waals surface area contributed by atoms with Crippen molar-refractivity contribution >= 4 is 23.7 Å². The van der Waals surface area contributed by atoms with Crippen LogP contribution in [0.3, 0.4) is 0 Å². The first-order chi connectivity index (χ1) is 10.6. The second-order valence-electron chi connectivity index (χ2n) is 5.22. The van der Waals surface area contributed by atoms with Crippen LogP contribution in [-0.4, -0.2) is 32.4 Å². The van der Waals surface area contributed by atoms with Crippen molar-refractivity contribution in [3.63, 3.8) is 0 Å². The molecule has 0 radical (unpaired) electrons. The highest BCUT2D eigenvalue weighted by molar-refractivity contribution is 7.98. The van der Waals surface area contributed by atoms with Crippen LogP contribution in [0.4, 0.5) is 0 Å². The lowest BCUT2D eigenvalue weighted by atomic mass is 9.96. The van der Waals surface area contributed by atoms with E-state index >= 15 is 0 Å². The molecule has 0 bridgehead atoms. The van der Waals surface area contributed by atoms with E-state index in [1.54, 1.807) is 26.0 Å². The number of hydrazine groups is 1. The Morgan fingerprint density at radius 2 is 2.09 bits per heavy atom. The normalized spacial score (nSPS) is 21.7. The molecule has 1 aliphatic rings.